The summed E-state index contributed by atoms with van der Waals surface area (Å²) in [7, 11) is 0. The molecule has 1 aliphatic heterocycles. The Bertz CT molecular complexity index is 1040. The van der Waals surface area contributed by atoms with Gasteiger partial charge in [0.25, 0.3) is 0 Å². The molecule has 3 aliphatic rings. The van der Waals surface area contributed by atoms with E-state index in [1.807, 2.05) is 26.8 Å². The summed E-state index contributed by atoms with van der Waals surface area (Å²) in [4.78, 5) is 28.4. The van der Waals surface area contributed by atoms with Gasteiger partial charge in [0, 0.05) is 29.3 Å². The number of aromatic nitrogens is 1. The molecule has 2 aliphatic carbocycles. The van der Waals surface area contributed by atoms with Crippen molar-refractivity contribution in [1.29, 1.82) is 0 Å². The predicted molar refractivity (Wildman–Crippen MR) is 121 cm³/mol. The van der Waals surface area contributed by atoms with Crippen molar-refractivity contribution in [3.63, 3.8) is 0 Å². The number of ether oxygens (including phenoxy) is 2. The highest BCUT2D eigenvalue weighted by molar-refractivity contribution is 5.89. The number of fused-ring (bicyclic) bond motifs is 1. The molecule has 0 saturated heterocycles. The zero-order valence-electron chi connectivity index (χ0n) is 19.4. The highest BCUT2D eigenvalue weighted by atomic mass is 16.6. The Hall–Kier alpha value is -2.77. The molecule has 4 rings (SSSR count). The van der Waals surface area contributed by atoms with Crippen molar-refractivity contribution in [2.45, 2.75) is 58.3 Å². The summed E-state index contributed by atoms with van der Waals surface area (Å²) in [5, 5.41) is 23.5. The Kier molecular flexibility index (Phi) is 5.83. The van der Waals surface area contributed by atoms with Gasteiger partial charge in [-0.25, -0.2) is 9.59 Å². The second-order valence-electron chi connectivity index (χ2n) is 9.90. The van der Waals surface area contributed by atoms with Crippen LogP contribution >= 0.6 is 0 Å². The van der Waals surface area contributed by atoms with E-state index in [9.17, 15) is 19.8 Å². The van der Waals surface area contributed by atoms with Gasteiger partial charge in [-0.2, -0.15) is 0 Å². The van der Waals surface area contributed by atoms with E-state index in [1.165, 1.54) is 12.3 Å². The van der Waals surface area contributed by atoms with Gasteiger partial charge in [-0.15, -0.1) is 0 Å². The molecule has 33 heavy (non-hydrogen) atoms. The van der Waals surface area contributed by atoms with Crippen LogP contribution in [0.15, 0.2) is 60.0 Å². The Labute approximate surface area is 193 Å². The summed E-state index contributed by atoms with van der Waals surface area (Å²) in [6.45, 7) is 7.67. The lowest BCUT2D eigenvalue weighted by atomic mass is 9.44. The molecule has 176 valence electrons. The molecule has 7 heteroatoms. The van der Waals surface area contributed by atoms with E-state index >= 15 is 0 Å². The third-order valence-electron chi connectivity index (χ3n) is 8.21. The molecule has 0 spiro atoms. The summed E-state index contributed by atoms with van der Waals surface area (Å²) in [5.74, 6) is -1.19. The molecule has 2 heterocycles. The van der Waals surface area contributed by atoms with Gasteiger partial charge in [0.15, 0.2) is 6.10 Å². The highest BCUT2D eigenvalue weighted by Crippen LogP contribution is 2.62. The topological polar surface area (TPSA) is 106 Å². The molecular weight excluding hydrogens is 422 g/mol. The van der Waals surface area contributed by atoms with Crippen LogP contribution in [0.5, 0.6) is 0 Å². The van der Waals surface area contributed by atoms with Gasteiger partial charge < -0.3 is 19.7 Å². The Balaban J connectivity index is 1.78. The molecule has 0 unspecified atom stereocenters. The normalized spacial score (nSPS) is 38.4. The van der Waals surface area contributed by atoms with Crippen LogP contribution in [0.4, 0.5) is 0 Å². The molecule has 6 atom stereocenters. The fourth-order valence-corrected chi connectivity index (χ4v) is 5.80. The summed E-state index contributed by atoms with van der Waals surface area (Å²) in [6, 6.07) is 3.21. The van der Waals surface area contributed by atoms with Crippen LogP contribution in [0.1, 0.15) is 50.9 Å². The van der Waals surface area contributed by atoms with Gasteiger partial charge in [-0.1, -0.05) is 37.6 Å². The van der Waals surface area contributed by atoms with Crippen LogP contribution < -0.4 is 0 Å². The second-order valence-corrected chi connectivity index (χ2v) is 9.90. The van der Waals surface area contributed by atoms with Gasteiger partial charge in [0.05, 0.1) is 5.56 Å². The van der Waals surface area contributed by atoms with Gasteiger partial charge >= 0.3 is 11.9 Å². The summed E-state index contributed by atoms with van der Waals surface area (Å²) < 4.78 is 10.8. The molecule has 1 aromatic heterocycles. The van der Waals surface area contributed by atoms with Crippen molar-refractivity contribution < 1.29 is 29.3 Å². The van der Waals surface area contributed by atoms with Crippen molar-refractivity contribution in [2.75, 3.05) is 6.61 Å². The molecule has 0 bridgehead atoms. The number of carbonyl (C=O) groups is 2. The second kappa shape index (κ2) is 8.22. The fraction of sp³-hybridized carbons (Fsp3) is 0.500. The van der Waals surface area contributed by atoms with Crippen molar-refractivity contribution in [1.82, 2.24) is 4.98 Å². The number of rotatable bonds is 4. The lowest BCUT2D eigenvalue weighted by molar-refractivity contribution is -0.251. The number of carbonyl (C=O) groups excluding carboxylic acids is 2. The highest BCUT2D eigenvalue weighted by Gasteiger charge is 2.68. The fourth-order valence-electron chi connectivity index (χ4n) is 5.80. The number of cyclic esters (lactones) is 1. The molecular formula is C26H31NO6. The predicted octanol–water partition coefficient (Wildman–Crippen LogP) is 3.14. The van der Waals surface area contributed by atoms with Gasteiger partial charge in [-0.05, 0) is 50.3 Å². The monoisotopic (exact) mass is 453 g/mol. The maximum absolute atomic E-state index is 12.9. The molecule has 1 saturated carbocycles. The van der Waals surface area contributed by atoms with E-state index < -0.39 is 40.6 Å². The van der Waals surface area contributed by atoms with E-state index in [0.29, 0.717) is 5.57 Å². The Morgan fingerprint density at radius 3 is 2.73 bits per heavy atom. The largest absolute Gasteiger partial charge is 0.458 e. The van der Waals surface area contributed by atoms with Crippen molar-refractivity contribution in [3.8, 4) is 0 Å². The van der Waals surface area contributed by atoms with Crippen LogP contribution in [0.2, 0.25) is 0 Å². The summed E-state index contributed by atoms with van der Waals surface area (Å²) >= 11 is 0. The minimum Gasteiger partial charge on any atom is -0.458 e. The van der Waals surface area contributed by atoms with Crippen molar-refractivity contribution in [2.24, 2.45) is 16.7 Å². The van der Waals surface area contributed by atoms with Crippen molar-refractivity contribution >= 4 is 11.9 Å². The maximum atomic E-state index is 12.9. The van der Waals surface area contributed by atoms with Crippen LogP contribution in [0.25, 0.3) is 0 Å². The van der Waals surface area contributed by atoms with E-state index in [2.05, 4.69) is 11.1 Å². The van der Waals surface area contributed by atoms with E-state index in [1.54, 1.807) is 31.3 Å². The molecule has 0 aromatic carbocycles. The quantitative estimate of drug-likeness (QED) is 0.533. The standard InChI is InChI=1S/C26H31NO6/c1-16-7-5-9-19-24(2,11-10-17-13-20(28)32-15-17)26(4,31)22(21(29)25(16,19)3)33-23(30)18-8-6-12-27-14-18/h6-8,10-14,19,21-22,29,31H,5,9,15H2,1-4H3/b11-10+/t19-,21+,22+,24+,25+,26+/m1/s1. The van der Waals surface area contributed by atoms with Crippen molar-refractivity contribution in [3.05, 3.63) is 65.5 Å². The number of aliphatic hydroxyl groups excluding tert-OH is 1. The lowest BCUT2D eigenvalue weighted by Crippen LogP contribution is -2.71. The first kappa shape index (κ1) is 23.4. The number of pyridine rings is 1. The molecule has 7 nitrogen and oxygen atoms in total. The number of aliphatic hydroxyl groups is 2. The number of nitrogens with zero attached hydrogens (tertiary/aromatic N) is 1. The molecule has 1 fully saturated rings. The minimum atomic E-state index is -1.60. The smallest absolute Gasteiger partial charge is 0.340 e. The van der Waals surface area contributed by atoms with Crippen LogP contribution in [-0.4, -0.2) is 51.6 Å². The number of hydrogen-bond acceptors (Lipinski definition) is 7. The first-order chi connectivity index (χ1) is 15.5. The summed E-state index contributed by atoms with van der Waals surface area (Å²) in [6.07, 6.45) is 9.42. The summed E-state index contributed by atoms with van der Waals surface area (Å²) in [5.41, 5.74) is -1.27. The minimum absolute atomic E-state index is 0.136. The van der Waals surface area contributed by atoms with Gasteiger partial charge in [0.2, 0.25) is 0 Å². The Morgan fingerprint density at radius 1 is 1.33 bits per heavy atom. The third kappa shape index (κ3) is 3.63. The lowest BCUT2D eigenvalue weighted by Gasteiger charge is -2.64. The first-order valence-electron chi connectivity index (χ1n) is 11.3. The first-order valence-corrected chi connectivity index (χ1v) is 11.3. The van der Waals surface area contributed by atoms with Gasteiger partial charge in [0.1, 0.15) is 18.3 Å². The molecule has 1 aromatic rings. The average molecular weight is 454 g/mol. The van der Waals surface area contributed by atoms with E-state index in [4.69, 9.17) is 9.47 Å². The number of allylic oxidation sites excluding steroid dienone is 1. The zero-order chi connectivity index (χ0) is 24.0. The number of esters is 2. The molecule has 0 amide bonds. The average Bonchev–Trinajstić information content (AvgIpc) is 3.21. The van der Waals surface area contributed by atoms with Crippen LogP contribution in [0.3, 0.4) is 0 Å². The van der Waals surface area contributed by atoms with Crippen LogP contribution in [0, 0.1) is 16.7 Å². The molecule has 0 radical (unpaired) electrons. The SMILES string of the molecule is CC1=CCC[C@H]2[C@@]1(C)[C@@H](O)[C@H](OC(=O)c1cccnc1)[C@](C)(O)[C@@]2(C)/C=C/C1=CC(=O)OC1. The van der Waals surface area contributed by atoms with E-state index in [-0.39, 0.29) is 18.1 Å². The Morgan fingerprint density at radius 2 is 2.09 bits per heavy atom. The zero-order valence-corrected chi connectivity index (χ0v) is 19.4. The van der Waals surface area contributed by atoms with E-state index in [0.717, 1.165) is 18.4 Å². The van der Waals surface area contributed by atoms with Gasteiger partial charge in [-0.3, -0.25) is 4.98 Å². The molecule has 2 N–H and O–H groups in total. The number of hydrogen-bond donors (Lipinski definition) is 2. The maximum Gasteiger partial charge on any atom is 0.340 e. The third-order valence-corrected chi connectivity index (χ3v) is 8.21. The van der Waals surface area contributed by atoms with Crippen LogP contribution in [-0.2, 0) is 14.3 Å².